The van der Waals surface area contributed by atoms with Crippen molar-refractivity contribution in [3.05, 3.63) is 59.0 Å². The van der Waals surface area contributed by atoms with Crippen molar-refractivity contribution in [2.75, 3.05) is 5.32 Å². The number of fused-ring (bicyclic) bond motifs is 1. The van der Waals surface area contributed by atoms with Crippen LogP contribution in [0.15, 0.2) is 40.9 Å². The number of nitrogens with one attached hydrogen (secondary N) is 2. The second-order valence-corrected chi connectivity index (χ2v) is 6.53. The van der Waals surface area contributed by atoms with Crippen molar-refractivity contribution in [2.45, 2.75) is 20.8 Å². The molecule has 0 spiro atoms. The van der Waals surface area contributed by atoms with Crippen LogP contribution in [0.1, 0.15) is 22.5 Å². The van der Waals surface area contributed by atoms with Crippen molar-refractivity contribution in [1.29, 1.82) is 5.26 Å². The highest BCUT2D eigenvalue weighted by atomic mass is 16.3. The number of allylic oxidation sites excluding steroid dienone is 1. The Morgan fingerprint density at radius 1 is 1.18 bits per heavy atom. The number of H-pyrrole nitrogens is 1. The summed E-state index contributed by atoms with van der Waals surface area (Å²) in [5.74, 6) is 0.781. The van der Waals surface area contributed by atoms with E-state index >= 15 is 0 Å². The molecular formula is C20H17N7O. The molecule has 138 valence electrons. The lowest BCUT2D eigenvalue weighted by Gasteiger charge is -2.07. The summed E-state index contributed by atoms with van der Waals surface area (Å²) in [7, 11) is 0. The van der Waals surface area contributed by atoms with Gasteiger partial charge in [-0.2, -0.15) is 10.5 Å². The third kappa shape index (κ3) is 3.21. The van der Waals surface area contributed by atoms with Crippen LogP contribution in [0.25, 0.3) is 28.1 Å². The number of rotatable bonds is 4. The maximum absolute atomic E-state index is 9.30. The molecule has 0 bridgehead atoms. The molecule has 0 aliphatic heterocycles. The van der Waals surface area contributed by atoms with Crippen molar-refractivity contribution in [2.24, 2.45) is 0 Å². The van der Waals surface area contributed by atoms with Crippen LogP contribution in [0.5, 0.6) is 0 Å². The zero-order valence-electron chi connectivity index (χ0n) is 15.6. The lowest BCUT2D eigenvalue weighted by molar-refractivity contribution is 0.617. The van der Waals surface area contributed by atoms with Gasteiger partial charge < -0.3 is 9.73 Å². The molecule has 0 aliphatic rings. The lowest BCUT2D eigenvalue weighted by atomic mass is 10.1. The molecule has 0 saturated carbocycles. The van der Waals surface area contributed by atoms with Gasteiger partial charge in [0.05, 0.1) is 0 Å². The molecule has 0 amide bonds. The molecule has 0 unspecified atom stereocenters. The van der Waals surface area contributed by atoms with Crippen LogP contribution >= 0.6 is 0 Å². The van der Waals surface area contributed by atoms with Gasteiger partial charge in [0, 0.05) is 17.5 Å². The molecule has 0 aliphatic carbocycles. The van der Waals surface area contributed by atoms with Gasteiger partial charge in [-0.3, -0.25) is 0 Å². The zero-order chi connectivity index (χ0) is 19.7. The maximum atomic E-state index is 9.30. The second-order valence-electron chi connectivity index (χ2n) is 6.53. The van der Waals surface area contributed by atoms with E-state index in [0.29, 0.717) is 5.89 Å². The summed E-state index contributed by atoms with van der Waals surface area (Å²) in [6, 6.07) is 12.0. The maximum Gasteiger partial charge on any atom is 0.227 e. The summed E-state index contributed by atoms with van der Waals surface area (Å²) in [4.78, 5) is 4.63. The Morgan fingerprint density at radius 3 is 2.79 bits per heavy atom. The van der Waals surface area contributed by atoms with Gasteiger partial charge in [0.25, 0.3) is 0 Å². The van der Waals surface area contributed by atoms with Gasteiger partial charge in [-0.1, -0.05) is 12.1 Å². The number of aromatic nitrogens is 5. The number of oxazole rings is 1. The van der Waals surface area contributed by atoms with E-state index in [9.17, 15) is 5.26 Å². The Labute approximate surface area is 160 Å². The Kier molecular flexibility index (Phi) is 4.33. The van der Waals surface area contributed by atoms with E-state index in [2.05, 4.69) is 43.1 Å². The van der Waals surface area contributed by atoms with E-state index in [1.54, 1.807) is 6.20 Å². The molecular weight excluding hydrogens is 354 g/mol. The first kappa shape index (κ1) is 17.4. The largest absolute Gasteiger partial charge is 0.436 e. The number of tetrazole rings is 1. The highest BCUT2D eigenvalue weighted by molar-refractivity contribution is 5.81. The molecule has 8 heteroatoms. The van der Waals surface area contributed by atoms with Crippen LogP contribution in [-0.2, 0) is 0 Å². The number of anilines is 1. The first-order chi connectivity index (χ1) is 13.5. The number of hydrogen-bond donors (Lipinski definition) is 2. The molecule has 0 radical (unpaired) electrons. The first-order valence-electron chi connectivity index (χ1n) is 8.64. The van der Waals surface area contributed by atoms with E-state index < -0.39 is 0 Å². The third-order valence-electron chi connectivity index (χ3n) is 4.38. The molecule has 8 nitrogen and oxygen atoms in total. The van der Waals surface area contributed by atoms with Crippen molar-refractivity contribution >= 4 is 22.4 Å². The van der Waals surface area contributed by atoms with E-state index in [-0.39, 0.29) is 11.4 Å². The minimum absolute atomic E-state index is 0.230. The van der Waals surface area contributed by atoms with Crippen LogP contribution in [0.2, 0.25) is 0 Å². The lowest BCUT2D eigenvalue weighted by Crippen LogP contribution is -1.95. The van der Waals surface area contributed by atoms with Gasteiger partial charge in [-0.25, -0.2) is 4.98 Å². The van der Waals surface area contributed by atoms with Gasteiger partial charge >= 0.3 is 0 Å². The number of aromatic amines is 1. The summed E-state index contributed by atoms with van der Waals surface area (Å²) in [5.41, 5.74) is 6.77. The molecule has 2 N–H and O–H groups in total. The predicted octanol–water partition coefficient (Wildman–Crippen LogP) is 3.91. The summed E-state index contributed by atoms with van der Waals surface area (Å²) in [6.45, 7) is 6.02. The monoisotopic (exact) mass is 371 g/mol. The number of benzene rings is 2. The molecule has 4 aromatic rings. The van der Waals surface area contributed by atoms with E-state index in [0.717, 1.165) is 39.0 Å². The standard InChI is InChI=1S/C20H17N7O/c1-11-6-13(3)18-17(7-11)23-20(28-18)14-5-4-12(2)16(8-14)22-10-15(9-21)19-24-26-27-25-19/h4-8,10,22H,1-3H3,(H,24,25,26,27). The van der Waals surface area contributed by atoms with Crippen molar-refractivity contribution < 1.29 is 4.42 Å². The minimum atomic E-state index is 0.230. The topological polar surface area (TPSA) is 116 Å². The summed E-state index contributed by atoms with van der Waals surface area (Å²) in [6.07, 6.45) is 1.55. The summed E-state index contributed by atoms with van der Waals surface area (Å²) in [5, 5.41) is 25.9. The Morgan fingerprint density at radius 2 is 2.04 bits per heavy atom. The molecule has 2 heterocycles. The smallest absolute Gasteiger partial charge is 0.227 e. The molecule has 0 saturated heterocycles. The summed E-state index contributed by atoms with van der Waals surface area (Å²) < 4.78 is 6.00. The van der Waals surface area contributed by atoms with Crippen molar-refractivity contribution in [3.63, 3.8) is 0 Å². The average molecular weight is 371 g/mol. The highest BCUT2D eigenvalue weighted by Crippen LogP contribution is 2.30. The van der Waals surface area contributed by atoms with Gasteiger partial charge in [0.2, 0.25) is 11.7 Å². The predicted molar refractivity (Wildman–Crippen MR) is 105 cm³/mol. The Balaban J connectivity index is 1.70. The fraction of sp³-hybridized carbons (Fsp3) is 0.150. The molecule has 4 rings (SSSR count). The van der Waals surface area contributed by atoms with Gasteiger partial charge in [-0.15, -0.1) is 10.2 Å². The average Bonchev–Trinajstić information content (AvgIpc) is 3.33. The molecule has 2 aromatic heterocycles. The molecule has 2 aromatic carbocycles. The van der Waals surface area contributed by atoms with Crippen LogP contribution in [-0.4, -0.2) is 25.6 Å². The number of hydrogen-bond acceptors (Lipinski definition) is 7. The van der Waals surface area contributed by atoms with E-state index in [4.69, 9.17) is 4.42 Å². The normalized spacial score (nSPS) is 11.6. The number of nitrogens with zero attached hydrogens (tertiary/aromatic N) is 5. The van der Waals surface area contributed by atoms with Crippen LogP contribution < -0.4 is 5.32 Å². The number of nitriles is 1. The highest BCUT2D eigenvalue weighted by Gasteiger charge is 2.12. The van der Waals surface area contributed by atoms with Crippen LogP contribution in [0.4, 0.5) is 5.69 Å². The molecule has 0 fully saturated rings. The fourth-order valence-corrected chi connectivity index (χ4v) is 2.98. The van der Waals surface area contributed by atoms with Crippen LogP contribution in [0.3, 0.4) is 0 Å². The minimum Gasteiger partial charge on any atom is -0.436 e. The Bertz CT molecular complexity index is 1230. The van der Waals surface area contributed by atoms with Crippen molar-refractivity contribution in [1.82, 2.24) is 25.6 Å². The second kappa shape index (κ2) is 6.96. The quantitative estimate of drug-likeness (QED) is 0.522. The zero-order valence-corrected chi connectivity index (χ0v) is 15.6. The third-order valence-corrected chi connectivity index (χ3v) is 4.38. The van der Waals surface area contributed by atoms with E-state index in [1.165, 1.54) is 0 Å². The van der Waals surface area contributed by atoms with E-state index in [1.807, 2.05) is 45.0 Å². The molecule has 0 atom stereocenters. The van der Waals surface area contributed by atoms with Gasteiger partial charge in [-0.05, 0) is 60.9 Å². The summed E-state index contributed by atoms with van der Waals surface area (Å²) >= 11 is 0. The SMILES string of the molecule is Cc1cc(C)c2oc(-c3ccc(C)c(NC=C(C#N)c4nn[nH]n4)c3)nc2c1. The Hall–Kier alpha value is -3.99. The van der Waals surface area contributed by atoms with Crippen molar-refractivity contribution in [3.8, 4) is 17.5 Å². The fourth-order valence-electron chi connectivity index (χ4n) is 2.98. The van der Waals surface area contributed by atoms with Gasteiger partial charge in [0.15, 0.2) is 5.58 Å². The van der Waals surface area contributed by atoms with Gasteiger partial charge in [0.1, 0.15) is 17.2 Å². The first-order valence-corrected chi connectivity index (χ1v) is 8.64. The molecule has 28 heavy (non-hydrogen) atoms. The number of aryl methyl sites for hydroxylation is 3. The van der Waals surface area contributed by atoms with Crippen LogP contribution in [0, 0.1) is 32.1 Å².